The molecule has 86 valence electrons. The first-order valence-corrected chi connectivity index (χ1v) is 6.41. The summed E-state index contributed by atoms with van der Waals surface area (Å²) in [5, 5.41) is 1.89. The Morgan fingerprint density at radius 2 is 2.06 bits per heavy atom. The Morgan fingerprint density at radius 1 is 1.24 bits per heavy atom. The van der Waals surface area contributed by atoms with Crippen LogP contribution < -0.4 is 0 Å². The molecule has 3 rings (SSSR count). The van der Waals surface area contributed by atoms with Crippen LogP contribution in [0.1, 0.15) is 0 Å². The van der Waals surface area contributed by atoms with Crippen LogP contribution in [-0.4, -0.2) is 9.97 Å². The first kappa shape index (κ1) is 10.9. The van der Waals surface area contributed by atoms with Crippen molar-refractivity contribution < 1.29 is 8.78 Å². The fraction of sp³-hybridized carbons (Fsp3) is 0. The first-order chi connectivity index (χ1) is 8.16. The van der Waals surface area contributed by atoms with E-state index in [0.29, 0.717) is 11.3 Å². The lowest BCUT2D eigenvalue weighted by Gasteiger charge is -1.91. The highest BCUT2D eigenvalue weighted by atomic mass is 79.9. The number of aromatic amines is 1. The summed E-state index contributed by atoms with van der Waals surface area (Å²) >= 11 is 4.85. The molecule has 0 spiro atoms. The van der Waals surface area contributed by atoms with Gasteiger partial charge in [0.05, 0.1) is 10.4 Å². The predicted molar refractivity (Wildman–Crippen MR) is 67.0 cm³/mol. The fourth-order valence-corrected chi connectivity index (χ4v) is 3.09. The van der Waals surface area contributed by atoms with Gasteiger partial charge in [0.15, 0.2) is 11.6 Å². The molecule has 0 atom stereocenters. The van der Waals surface area contributed by atoms with Crippen LogP contribution in [0.15, 0.2) is 28.1 Å². The van der Waals surface area contributed by atoms with E-state index in [9.17, 15) is 8.78 Å². The maximum Gasteiger partial charge on any atom is 0.186 e. The van der Waals surface area contributed by atoms with Crippen molar-refractivity contribution in [3.05, 3.63) is 39.7 Å². The number of hydrogen-bond donors (Lipinski definition) is 1. The number of aromatic nitrogens is 2. The van der Waals surface area contributed by atoms with Gasteiger partial charge >= 0.3 is 0 Å². The number of rotatable bonds is 1. The first-order valence-electron chi connectivity index (χ1n) is 4.74. The molecule has 2 nitrogen and oxygen atoms in total. The molecule has 2 aromatic heterocycles. The molecule has 0 fully saturated rings. The Hall–Kier alpha value is -1.27. The van der Waals surface area contributed by atoms with Gasteiger partial charge in [-0.1, -0.05) is 0 Å². The molecular formula is C11H5BrF2N2S. The lowest BCUT2D eigenvalue weighted by atomic mass is 10.3. The average Bonchev–Trinajstić information content (AvgIpc) is 2.89. The zero-order valence-corrected chi connectivity index (χ0v) is 10.7. The van der Waals surface area contributed by atoms with Crippen molar-refractivity contribution in [2.45, 2.75) is 0 Å². The minimum Gasteiger partial charge on any atom is -0.337 e. The Kier molecular flexibility index (Phi) is 2.48. The fourth-order valence-electron chi connectivity index (χ4n) is 1.59. The van der Waals surface area contributed by atoms with Crippen molar-refractivity contribution in [2.24, 2.45) is 0 Å². The highest BCUT2D eigenvalue weighted by Crippen LogP contribution is 2.33. The molecule has 1 N–H and O–H groups in total. The zero-order valence-electron chi connectivity index (χ0n) is 8.30. The molecule has 0 aliphatic heterocycles. The van der Waals surface area contributed by atoms with E-state index in [1.807, 2.05) is 11.4 Å². The number of thiophene rings is 1. The van der Waals surface area contributed by atoms with Gasteiger partial charge in [0, 0.05) is 4.47 Å². The van der Waals surface area contributed by atoms with Crippen LogP contribution in [0.4, 0.5) is 8.78 Å². The number of fused-ring (bicyclic) bond motifs is 1. The molecule has 0 amide bonds. The molecule has 0 saturated heterocycles. The van der Waals surface area contributed by atoms with Crippen LogP contribution in [0.5, 0.6) is 0 Å². The summed E-state index contributed by atoms with van der Waals surface area (Å²) in [7, 11) is 0. The summed E-state index contributed by atoms with van der Waals surface area (Å²) in [6, 6.07) is 4.44. The Labute approximate surface area is 107 Å². The number of halogens is 3. The number of H-pyrrole nitrogens is 1. The molecule has 1 aromatic carbocycles. The van der Waals surface area contributed by atoms with Gasteiger partial charge in [0.1, 0.15) is 11.3 Å². The maximum atomic E-state index is 13.5. The van der Waals surface area contributed by atoms with Gasteiger partial charge in [0.25, 0.3) is 0 Å². The third-order valence-corrected chi connectivity index (χ3v) is 4.22. The molecule has 0 unspecified atom stereocenters. The number of nitrogens with zero attached hydrogens (tertiary/aromatic N) is 1. The molecule has 2 heterocycles. The van der Waals surface area contributed by atoms with E-state index in [0.717, 1.165) is 15.4 Å². The lowest BCUT2D eigenvalue weighted by Crippen LogP contribution is -1.84. The van der Waals surface area contributed by atoms with Gasteiger partial charge in [-0.3, -0.25) is 0 Å². The van der Waals surface area contributed by atoms with Crippen LogP contribution in [-0.2, 0) is 0 Å². The quantitative estimate of drug-likeness (QED) is 0.711. The highest BCUT2D eigenvalue weighted by Gasteiger charge is 2.14. The Balaban J connectivity index is 2.27. The van der Waals surface area contributed by atoms with Crippen molar-refractivity contribution in [1.29, 1.82) is 0 Å². The minimum absolute atomic E-state index is 0.0281. The number of nitrogens with one attached hydrogen (secondary N) is 1. The predicted octanol–water partition coefficient (Wildman–Crippen LogP) is 4.33. The van der Waals surface area contributed by atoms with Gasteiger partial charge in [-0.15, -0.1) is 11.3 Å². The molecule has 6 heteroatoms. The van der Waals surface area contributed by atoms with Crippen molar-refractivity contribution in [1.82, 2.24) is 9.97 Å². The number of benzene rings is 1. The molecular weight excluding hydrogens is 310 g/mol. The van der Waals surface area contributed by atoms with E-state index in [-0.39, 0.29) is 5.52 Å². The lowest BCUT2D eigenvalue weighted by molar-refractivity contribution is 0.515. The second-order valence-electron chi connectivity index (χ2n) is 3.44. The molecule has 17 heavy (non-hydrogen) atoms. The maximum absolute atomic E-state index is 13.5. The summed E-state index contributed by atoms with van der Waals surface area (Å²) in [5.74, 6) is -1.27. The standard InChI is InChI=1S/C11H5BrF2N2S/c12-5-3-4-17-10(5)11-15-7-2-1-6(13)8(14)9(7)16-11/h1-4H,(H,15,16). The van der Waals surface area contributed by atoms with Crippen LogP contribution in [0.25, 0.3) is 21.7 Å². The van der Waals surface area contributed by atoms with E-state index in [1.165, 1.54) is 17.4 Å². The number of hydrogen-bond acceptors (Lipinski definition) is 2. The van der Waals surface area contributed by atoms with Crippen LogP contribution >= 0.6 is 27.3 Å². The molecule has 0 aliphatic rings. The smallest absolute Gasteiger partial charge is 0.186 e. The summed E-state index contributed by atoms with van der Waals surface area (Å²) in [6.07, 6.45) is 0. The normalized spacial score (nSPS) is 11.2. The second kappa shape index (κ2) is 3.89. The van der Waals surface area contributed by atoms with E-state index in [4.69, 9.17) is 0 Å². The second-order valence-corrected chi connectivity index (χ2v) is 5.21. The third-order valence-electron chi connectivity index (χ3n) is 2.38. The summed E-state index contributed by atoms with van der Waals surface area (Å²) in [6.45, 7) is 0. The van der Waals surface area contributed by atoms with Crippen LogP contribution in [0.3, 0.4) is 0 Å². The van der Waals surface area contributed by atoms with Gasteiger partial charge in [-0.25, -0.2) is 13.8 Å². The van der Waals surface area contributed by atoms with Gasteiger partial charge in [-0.05, 0) is 39.5 Å². The van der Waals surface area contributed by atoms with E-state index in [1.54, 1.807) is 0 Å². The van der Waals surface area contributed by atoms with E-state index >= 15 is 0 Å². The van der Waals surface area contributed by atoms with Crippen molar-refractivity contribution >= 4 is 38.3 Å². The van der Waals surface area contributed by atoms with Crippen LogP contribution in [0, 0.1) is 11.6 Å². The SMILES string of the molecule is Fc1ccc2[nH]c(-c3sccc3Br)nc2c1F. The molecule has 0 radical (unpaired) electrons. The van der Waals surface area contributed by atoms with E-state index in [2.05, 4.69) is 25.9 Å². The summed E-state index contributed by atoms with van der Waals surface area (Å²) in [4.78, 5) is 7.92. The van der Waals surface area contributed by atoms with Crippen molar-refractivity contribution in [2.75, 3.05) is 0 Å². The third kappa shape index (κ3) is 1.68. The Bertz CT molecular complexity index is 705. The van der Waals surface area contributed by atoms with Crippen molar-refractivity contribution in [3.8, 4) is 10.7 Å². The molecule has 3 aromatic rings. The largest absolute Gasteiger partial charge is 0.337 e. The summed E-state index contributed by atoms with van der Waals surface area (Å²) < 4.78 is 27.4. The Morgan fingerprint density at radius 3 is 2.76 bits per heavy atom. The van der Waals surface area contributed by atoms with Gasteiger partial charge in [-0.2, -0.15) is 0 Å². The zero-order chi connectivity index (χ0) is 12.0. The van der Waals surface area contributed by atoms with Crippen LogP contribution in [0.2, 0.25) is 0 Å². The molecule has 0 bridgehead atoms. The highest BCUT2D eigenvalue weighted by molar-refractivity contribution is 9.10. The minimum atomic E-state index is -0.919. The van der Waals surface area contributed by atoms with Crippen molar-refractivity contribution in [3.63, 3.8) is 0 Å². The number of imidazole rings is 1. The summed E-state index contributed by atoms with van der Waals surface area (Å²) in [5.41, 5.74) is 0.513. The topological polar surface area (TPSA) is 28.7 Å². The molecule has 0 aliphatic carbocycles. The van der Waals surface area contributed by atoms with Gasteiger partial charge in [0.2, 0.25) is 0 Å². The average molecular weight is 315 g/mol. The molecule has 0 saturated carbocycles. The monoisotopic (exact) mass is 314 g/mol. The van der Waals surface area contributed by atoms with Gasteiger partial charge < -0.3 is 4.98 Å². The van der Waals surface area contributed by atoms with E-state index < -0.39 is 11.6 Å².